The van der Waals surface area contributed by atoms with Gasteiger partial charge in [0.2, 0.25) is 11.8 Å². The Balaban J connectivity index is 1.49. The smallest absolute Gasteiger partial charge is 0.248 e. The molecule has 2 aliphatic rings. The molecule has 0 radical (unpaired) electrons. The van der Waals surface area contributed by atoms with Gasteiger partial charge in [-0.15, -0.1) is 11.3 Å². The number of nitrogens with zero attached hydrogens (tertiary/aromatic N) is 2. The molecule has 1 aliphatic heterocycles. The number of anilines is 1. The van der Waals surface area contributed by atoms with Crippen LogP contribution in [0.2, 0.25) is 0 Å². The van der Waals surface area contributed by atoms with Crippen molar-refractivity contribution in [2.45, 2.75) is 25.3 Å². The number of aliphatic hydroxyl groups is 1. The van der Waals surface area contributed by atoms with E-state index in [4.69, 9.17) is 5.11 Å². The van der Waals surface area contributed by atoms with E-state index in [9.17, 15) is 14.9 Å². The van der Waals surface area contributed by atoms with E-state index >= 15 is 0 Å². The maximum atomic E-state index is 12.6. The van der Waals surface area contributed by atoms with Gasteiger partial charge in [-0.3, -0.25) is 9.59 Å². The minimum absolute atomic E-state index is 0.0535. The third-order valence-electron chi connectivity index (χ3n) is 5.25. The number of aliphatic hydroxyl groups excluding tert-OH is 1. The summed E-state index contributed by atoms with van der Waals surface area (Å²) in [6.07, 6.45) is 1.38. The highest BCUT2D eigenvalue weighted by Crippen LogP contribution is 2.48. The predicted octanol–water partition coefficient (Wildman–Crippen LogP) is 2.24. The van der Waals surface area contributed by atoms with Crippen LogP contribution in [-0.2, 0) is 22.6 Å². The van der Waals surface area contributed by atoms with Gasteiger partial charge in [-0.2, -0.15) is 5.26 Å². The number of thiophene rings is 1. The first-order valence-corrected chi connectivity index (χ1v) is 9.73. The first-order chi connectivity index (χ1) is 13.1. The zero-order valence-electron chi connectivity index (χ0n) is 14.6. The molecule has 6 nitrogen and oxygen atoms in total. The lowest BCUT2D eigenvalue weighted by Crippen LogP contribution is -2.37. The SMILES string of the molecule is N#Cc1c(NC(=O)[C@@H]2C[C@@H]2c2ccccc2)sc2c1CCN(C(=O)CO)C2. The number of hydrogen-bond acceptors (Lipinski definition) is 5. The minimum Gasteiger partial charge on any atom is -0.387 e. The Morgan fingerprint density at radius 1 is 1.33 bits per heavy atom. The third-order valence-corrected chi connectivity index (χ3v) is 6.38. The van der Waals surface area contributed by atoms with Crippen molar-refractivity contribution in [1.29, 1.82) is 5.26 Å². The Morgan fingerprint density at radius 3 is 2.81 bits per heavy atom. The van der Waals surface area contributed by atoms with Crippen LogP contribution in [0.1, 0.15) is 33.9 Å². The van der Waals surface area contributed by atoms with E-state index in [1.54, 1.807) is 4.90 Å². The van der Waals surface area contributed by atoms with Gasteiger partial charge in [-0.1, -0.05) is 30.3 Å². The molecule has 138 valence electrons. The van der Waals surface area contributed by atoms with Crippen LogP contribution >= 0.6 is 11.3 Å². The molecule has 2 amide bonds. The van der Waals surface area contributed by atoms with Crippen LogP contribution in [0.5, 0.6) is 0 Å². The summed E-state index contributed by atoms with van der Waals surface area (Å²) in [4.78, 5) is 26.9. The second-order valence-electron chi connectivity index (χ2n) is 6.89. The minimum atomic E-state index is -0.516. The quantitative estimate of drug-likeness (QED) is 0.849. The van der Waals surface area contributed by atoms with Crippen LogP contribution in [0.15, 0.2) is 30.3 Å². The Labute approximate surface area is 161 Å². The zero-order chi connectivity index (χ0) is 19.0. The normalized spacial score (nSPS) is 20.5. The molecule has 2 atom stereocenters. The summed E-state index contributed by atoms with van der Waals surface area (Å²) in [7, 11) is 0. The number of nitriles is 1. The molecule has 27 heavy (non-hydrogen) atoms. The van der Waals surface area contributed by atoms with Crippen molar-refractivity contribution in [1.82, 2.24) is 4.90 Å². The van der Waals surface area contributed by atoms with Gasteiger partial charge >= 0.3 is 0 Å². The van der Waals surface area contributed by atoms with Gasteiger partial charge in [0.1, 0.15) is 17.7 Å². The first-order valence-electron chi connectivity index (χ1n) is 8.91. The number of carbonyl (C=O) groups excluding carboxylic acids is 2. The van der Waals surface area contributed by atoms with E-state index in [2.05, 4.69) is 11.4 Å². The fourth-order valence-electron chi connectivity index (χ4n) is 3.68. The van der Waals surface area contributed by atoms with Gasteiger partial charge in [-0.05, 0) is 29.9 Å². The highest BCUT2D eigenvalue weighted by Gasteiger charge is 2.44. The summed E-state index contributed by atoms with van der Waals surface area (Å²) in [5.41, 5.74) is 2.59. The van der Waals surface area contributed by atoms with Crippen molar-refractivity contribution < 1.29 is 14.7 Å². The maximum absolute atomic E-state index is 12.6. The van der Waals surface area contributed by atoms with Gasteiger partial charge in [0.25, 0.3) is 0 Å². The molecule has 1 saturated carbocycles. The topological polar surface area (TPSA) is 93.4 Å². The molecule has 1 aromatic carbocycles. The van der Waals surface area contributed by atoms with Crippen molar-refractivity contribution in [3.63, 3.8) is 0 Å². The lowest BCUT2D eigenvalue weighted by Gasteiger charge is -2.26. The fraction of sp³-hybridized carbons (Fsp3) is 0.350. The van der Waals surface area contributed by atoms with Gasteiger partial charge in [0.05, 0.1) is 12.1 Å². The number of amides is 2. The Morgan fingerprint density at radius 2 is 2.11 bits per heavy atom. The Bertz CT molecular complexity index is 932. The van der Waals surface area contributed by atoms with Crippen LogP contribution in [0.4, 0.5) is 5.00 Å². The van der Waals surface area contributed by atoms with Gasteiger partial charge in [-0.25, -0.2) is 0 Å². The summed E-state index contributed by atoms with van der Waals surface area (Å²) in [5.74, 6) is -0.196. The molecule has 0 spiro atoms. The summed E-state index contributed by atoms with van der Waals surface area (Å²) in [6, 6.07) is 12.2. The highest BCUT2D eigenvalue weighted by atomic mass is 32.1. The number of rotatable bonds is 4. The molecule has 0 bridgehead atoms. The molecule has 0 saturated heterocycles. The van der Waals surface area contributed by atoms with E-state index in [1.165, 1.54) is 16.9 Å². The van der Waals surface area contributed by atoms with E-state index in [0.29, 0.717) is 30.1 Å². The molecule has 0 unspecified atom stereocenters. The molecular formula is C20H19N3O3S. The molecular weight excluding hydrogens is 362 g/mol. The van der Waals surface area contributed by atoms with Crippen molar-refractivity contribution in [3.05, 3.63) is 51.9 Å². The number of nitrogens with one attached hydrogen (secondary N) is 1. The van der Waals surface area contributed by atoms with E-state index in [-0.39, 0.29) is 23.7 Å². The largest absolute Gasteiger partial charge is 0.387 e. The summed E-state index contributed by atoms with van der Waals surface area (Å²) < 4.78 is 0. The Hall–Kier alpha value is -2.69. The molecule has 2 N–H and O–H groups in total. The van der Waals surface area contributed by atoms with Crippen molar-refractivity contribution in [2.75, 3.05) is 18.5 Å². The van der Waals surface area contributed by atoms with Crippen molar-refractivity contribution in [3.8, 4) is 6.07 Å². The summed E-state index contributed by atoms with van der Waals surface area (Å²) in [5, 5.41) is 22.1. The van der Waals surface area contributed by atoms with Crippen LogP contribution in [-0.4, -0.2) is 35.0 Å². The second kappa shape index (κ2) is 7.14. The van der Waals surface area contributed by atoms with Crippen LogP contribution in [0, 0.1) is 17.2 Å². The molecule has 1 fully saturated rings. The molecule has 2 aromatic rings. The van der Waals surface area contributed by atoms with Crippen molar-refractivity contribution in [2.24, 2.45) is 5.92 Å². The van der Waals surface area contributed by atoms with Crippen molar-refractivity contribution >= 4 is 28.2 Å². The molecule has 7 heteroatoms. The van der Waals surface area contributed by atoms with Gasteiger partial charge in [0.15, 0.2) is 0 Å². The lowest BCUT2D eigenvalue weighted by atomic mass is 10.0. The first kappa shape index (κ1) is 17.7. The standard InChI is InChI=1S/C20H19N3O3S/c21-9-16-13-6-7-23(18(25)11-24)10-17(13)27-20(16)22-19(26)15-8-14(15)12-4-2-1-3-5-12/h1-5,14-15,24H,6-8,10-11H2,(H,22,26)/t14-,15-/m1/s1. The number of fused-ring (bicyclic) bond motifs is 1. The van der Waals surface area contributed by atoms with Crippen LogP contribution in [0.3, 0.4) is 0 Å². The summed E-state index contributed by atoms with van der Waals surface area (Å²) in [6.45, 7) is 0.335. The average molecular weight is 381 g/mol. The second-order valence-corrected chi connectivity index (χ2v) is 8.00. The van der Waals surface area contributed by atoms with Gasteiger partial charge in [0, 0.05) is 17.3 Å². The number of benzene rings is 1. The van der Waals surface area contributed by atoms with E-state index in [1.807, 2.05) is 30.3 Å². The van der Waals surface area contributed by atoms with Gasteiger partial charge < -0.3 is 15.3 Å². The Kier molecular flexibility index (Phi) is 4.68. The van der Waals surface area contributed by atoms with E-state index in [0.717, 1.165) is 16.9 Å². The number of hydrogen-bond donors (Lipinski definition) is 2. The monoisotopic (exact) mass is 381 g/mol. The van der Waals surface area contributed by atoms with Crippen LogP contribution < -0.4 is 5.32 Å². The molecule has 4 rings (SSSR count). The third kappa shape index (κ3) is 3.34. The maximum Gasteiger partial charge on any atom is 0.248 e. The molecule has 2 heterocycles. The predicted molar refractivity (Wildman–Crippen MR) is 101 cm³/mol. The average Bonchev–Trinajstić information content (AvgIpc) is 3.43. The number of carbonyl (C=O) groups is 2. The fourth-order valence-corrected chi connectivity index (χ4v) is 4.90. The highest BCUT2D eigenvalue weighted by molar-refractivity contribution is 7.16. The van der Waals surface area contributed by atoms with E-state index < -0.39 is 6.61 Å². The molecule has 1 aliphatic carbocycles. The zero-order valence-corrected chi connectivity index (χ0v) is 15.5. The molecule has 1 aromatic heterocycles. The summed E-state index contributed by atoms with van der Waals surface area (Å²) >= 11 is 1.36. The lowest BCUT2D eigenvalue weighted by molar-refractivity contribution is -0.135. The van der Waals surface area contributed by atoms with Crippen LogP contribution in [0.25, 0.3) is 0 Å².